The van der Waals surface area contributed by atoms with E-state index in [1.165, 1.54) is 6.92 Å². The van der Waals surface area contributed by atoms with Crippen molar-refractivity contribution in [3.63, 3.8) is 0 Å². The highest BCUT2D eigenvalue weighted by atomic mass is 16.3. The molecule has 0 aromatic rings. The van der Waals surface area contributed by atoms with Gasteiger partial charge < -0.3 is 99.0 Å². The zero-order valence-corrected chi connectivity index (χ0v) is 34.8. The highest BCUT2D eigenvalue weighted by Gasteiger charge is 2.33. The minimum Gasteiger partial charge on any atom is -0.394 e. The summed E-state index contributed by atoms with van der Waals surface area (Å²) >= 11 is 0. The maximum atomic E-state index is 13.7. The molecular formula is C33H63N19O11. The lowest BCUT2D eigenvalue weighted by molar-refractivity contribution is -0.136. The highest BCUT2D eigenvalue weighted by Crippen LogP contribution is 2.06. The number of guanidine groups is 3. The number of aliphatic hydroxyl groups excluding tert-OH is 2. The van der Waals surface area contributed by atoms with Gasteiger partial charge in [0.1, 0.15) is 36.3 Å². The third-order valence-electron chi connectivity index (χ3n) is 8.32. The molecule has 0 fully saturated rings. The van der Waals surface area contributed by atoms with Crippen LogP contribution in [0.1, 0.15) is 51.9 Å². The largest absolute Gasteiger partial charge is 0.394 e. The number of amides is 9. The van der Waals surface area contributed by atoms with Crippen LogP contribution in [0.2, 0.25) is 0 Å². The summed E-state index contributed by atoms with van der Waals surface area (Å²) in [5.74, 6) is -9.67. The van der Waals surface area contributed by atoms with Gasteiger partial charge in [-0.25, -0.2) is 0 Å². The summed E-state index contributed by atoms with van der Waals surface area (Å²) in [6.07, 6.45) is -2.30. The molecule has 0 saturated heterocycles. The van der Waals surface area contributed by atoms with E-state index in [0.29, 0.717) is 0 Å². The summed E-state index contributed by atoms with van der Waals surface area (Å²) in [6.45, 7) is -0.958. The van der Waals surface area contributed by atoms with Crippen LogP contribution in [0.3, 0.4) is 0 Å². The second-order valence-corrected chi connectivity index (χ2v) is 13.7. The predicted octanol–water partition coefficient (Wildman–Crippen LogP) is -11.1. The summed E-state index contributed by atoms with van der Waals surface area (Å²) in [6, 6.07) is -9.14. The van der Waals surface area contributed by atoms with E-state index in [1.807, 2.05) is 0 Å². The van der Waals surface area contributed by atoms with Crippen LogP contribution in [0.25, 0.3) is 0 Å². The van der Waals surface area contributed by atoms with Crippen molar-refractivity contribution in [2.75, 3.05) is 39.3 Å². The first-order valence-corrected chi connectivity index (χ1v) is 19.3. The molecule has 27 N–H and O–H groups in total. The molecule has 0 radical (unpaired) electrons. The van der Waals surface area contributed by atoms with Crippen LogP contribution >= 0.6 is 0 Å². The molecule has 0 aliphatic heterocycles. The average Bonchev–Trinajstić information content (AvgIpc) is 3.19. The molecule has 0 unspecified atom stereocenters. The number of primary amides is 2. The van der Waals surface area contributed by atoms with Gasteiger partial charge in [0, 0.05) is 19.6 Å². The molecule has 0 rings (SSSR count). The van der Waals surface area contributed by atoms with E-state index in [-0.39, 0.29) is 76.0 Å². The van der Waals surface area contributed by atoms with E-state index in [1.54, 1.807) is 0 Å². The van der Waals surface area contributed by atoms with Crippen molar-refractivity contribution in [1.82, 2.24) is 37.2 Å². The molecule has 0 aromatic heterocycles. The summed E-state index contributed by atoms with van der Waals surface area (Å²) in [5, 5.41) is 35.9. The molecule has 30 heteroatoms. The quantitative estimate of drug-likeness (QED) is 0.0174. The molecule has 0 spiro atoms. The Bertz CT molecular complexity index is 1660. The maximum Gasteiger partial charge on any atom is 0.245 e. The Morgan fingerprint density at radius 3 is 1.29 bits per heavy atom. The lowest BCUT2D eigenvalue weighted by Gasteiger charge is -2.26. The summed E-state index contributed by atoms with van der Waals surface area (Å²) in [4.78, 5) is 127. The molecule has 7 atom stereocenters. The number of nitrogens with one attached hydrogen (secondary N) is 7. The van der Waals surface area contributed by atoms with E-state index in [0.717, 1.165) is 0 Å². The van der Waals surface area contributed by atoms with Gasteiger partial charge in [-0.15, -0.1) is 0 Å². The van der Waals surface area contributed by atoms with Crippen molar-refractivity contribution in [3.8, 4) is 0 Å². The fourth-order valence-electron chi connectivity index (χ4n) is 5.19. The van der Waals surface area contributed by atoms with Crippen molar-refractivity contribution in [3.05, 3.63) is 0 Å². The molecule has 63 heavy (non-hydrogen) atoms. The van der Waals surface area contributed by atoms with Crippen LogP contribution in [0.15, 0.2) is 15.0 Å². The molecule has 0 saturated carbocycles. The molecule has 0 heterocycles. The average molecular weight is 902 g/mol. The smallest absolute Gasteiger partial charge is 0.245 e. The van der Waals surface area contributed by atoms with Crippen LogP contribution in [-0.4, -0.2) is 163 Å². The van der Waals surface area contributed by atoms with Gasteiger partial charge >= 0.3 is 0 Å². The van der Waals surface area contributed by atoms with Gasteiger partial charge in [-0.2, -0.15) is 0 Å². The van der Waals surface area contributed by atoms with Gasteiger partial charge in [0.25, 0.3) is 0 Å². The third kappa shape index (κ3) is 24.7. The van der Waals surface area contributed by atoms with Crippen molar-refractivity contribution in [2.24, 2.45) is 66.6 Å². The van der Waals surface area contributed by atoms with Crippen LogP contribution in [0.5, 0.6) is 0 Å². The first kappa shape index (κ1) is 55.9. The monoisotopic (exact) mass is 901 g/mol. The number of aliphatic imine (C=N–C) groups is 3. The lowest BCUT2D eigenvalue weighted by atomic mass is 10.1. The number of carbonyl (C=O) groups excluding carboxylic acids is 9. The van der Waals surface area contributed by atoms with Crippen molar-refractivity contribution >= 4 is 71.0 Å². The van der Waals surface area contributed by atoms with Crippen LogP contribution in [0, 0.1) is 0 Å². The summed E-state index contributed by atoms with van der Waals surface area (Å²) in [5.41, 5.74) is 47.9. The number of aliphatic hydroxyl groups is 2. The van der Waals surface area contributed by atoms with Gasteiger partial charge in [0.15, 0.2) is 17.9 Å². The Kier molecular flexibility index (Phi) is 26.7. The van der Waals surface area contributed by atoms with Crippen LogP contribution in [0.4, 0.5) is 0 Å². The predicted molar refractivity (Wildman–Crippen MR) is 225 cm³/mol. The topological polar surface area (TPSA) is 550 Å². The zero-order valence-electron chi connectivity index (χ0n) is 34.8. The fraction of sp³-hybridized carbons (Fsp3) is 0.636. The Labute approximate surface area is 361 Å². The first-order valence-electron chi connectivity index (χ1n) is 19.3. The zero-order chi connectivity index (χ0) is 48.2. The van der Waals surface area contributed by atoms with Gasteiger partial charge in [0.2, 0.25) is 53.2 Å². The Morgan fingerprint density at radius 1 is 0.524 bits per heavy atom. The fourth-order valence-corrected chi connectivity index (χ4v) is 5.19. The van der Waals surface area contributed by atoms with Crippen LogP contribution < -0.4 is 88.8 Å². The van der Waals surface area contributed by atoms with Gasteiger partial charge in [0.05, 0.1) is 32.2 Å². The Balaban J connectivity index is 6.28. The number of nitrogens with two attached hydrogens (primary N) is 9. The minimum absolute atomic E-state index is 0.00161. The molecule has 0 aromatic carbocycles. The van der Waals surface area contributed by atoms with Crippen molar-refractivity contribution < 1.29 is 53.4 Å². The van der Waals surface area contributed by atoms with E-state index in [9.17, 15) is 53.4 Å². The molecular weight excluding hydrogens is 838 g/mol. The third-order valence-corrected chi connectivity index (χ3v) is 8.32. The van der Waals surface area contributed by atoms with Gasteiger partial charge in [-0.1, -0.05) is 0 Å². The number of hydrogen-bond donors (Lipinski definition) is 18. The maximum absolute atomic E-state index is 13.7. The molecule has 9 amide bonds. The Hall–Kier alpha value is -7.08. The van der Waals surface area contributed by atoms with Gasteiger partial charge in [-0.3, -0.25) is 58.1 Å². The summed E-state index contributed by atoms with van der Waals surface area (Å²) < 4.78 is 0. The SMILES string of the molecule is C[C@@H](O)[C@H](NC(=O)[C@H](CCCN=C(N)N)NC(=O)CN)C(=O)NCC(=O)N[C@@H](CCCN=C(N)N)C(=O)N[C@@H](CCCN=C(N)N)C(=O)N[C@@H](CC(N)=O)C(=O)N[C@@H](CO)C(N)=O. The van der Waals surface area contributed by atoms with Crippen LogP contribution in [-0.2, 0) is 43.2 Å². The highest BCUT2D eigenvalue weighted by molar-refractivity contribution is 5.98. The van der Waals surface area contributed by atoms with Gasteiger partial charge in [-0.05, 0) is 45.4 Å². The van der Waals surface area contributed by atoms with E-state index in [2.05, 4.69) is 52.2 Å². The standard InChI is InChI=1S/C33H63N19O11/c1-15(54)24(52-28(61)17(47-22(56)12-34)6-3-9-44-32(39)40)30(63)46-13-23(57)48-16(5-2-8-43-31(37)38)26(59)49-18(7-4-10-45-33(41)42)27(60)50-19(11-21(35)55)29(62)51-20(14-53)25(36)58/h15-20,24,53-54H,2-14,34H2,1H3,(H2,35,55)(H2,36,58)(H,46,63)(H,47,56)(H,48,57)(H,49,59)(H,50,60)(H,51,62)(H,52,61)(H4,37,38,43)(H4,39,40,44)(H4,41,42,45)/t15-,16+,17+,18+,19+,20+,24+/m1/s1. The lowest BCUT2D eigenvalue weighted by Crippen LogP contribution is -2.59. The minimum atomic E-state index is -1.72. The van der Waals surface area contributed by atoms with Crippen molar-refractivity contribution in [1.29, 1.82) is 0 Å². The number of nitrogens with zero attached hydrogens (tertiary/aromatic N) is 3. The number of carbonyl (C=O) groups is 9. The second kappa shape index (κ2) is 30.0. The Morgan fingerprint density at radius 2 is 0.905 bits per heavy atom. The molecule has 0 aliphatic rings. The molecule has 30 nitrogen and oxygen atoms in total. The van der Waals surface area contributed by atoms with Crippen molar-refractivity contribution in [2.45, 2.75) is 94.2 Å². The number of hydrogen-bond acceptors (Lipinski definition) is 15. The molecule has 356 valence electrons. The number of rotatable bonds is 31. The normalized spacial score (nSPS) is 13.9. The first-order chi connectivity index (χ1) is 29.5. The summed E-state index contributed by atoms with van der Waals surface area (Å²) in [7, 11) is 0. The van der Waals surface area contributed by atoms with E-state index < -0.39 is 122 Å². The van der Waals surface area contributed by atoms with E-state index in [4.69, 9.17) is 51.6 Å². The molecule has 0 aliphatic carbocycles. The second-order valence-electron chi connectivity index (χ2n) is 13.7. The van der Waals surface area contributed by atoms with E-state index >= 15 is 0 Å². The molecule has 0 bridgehead atoms.